The van der Waals surface area contributed by atoms with E-state index >= 15 is 0 Å². The average molecular weight is 255 g/mol. The Hall–Kier alpha value is -1.08. The van der Waals surface area contributed by atoms with Crippen molar-refractivity contribution < 1.29 is 0 Å². The second-order valence-corrected chi connectivity index (χ2v) is 7.23. The van der Waals surface area contributed by atoms with Crippen molar-refractivity contribution in [3.8, 4) is 0 Å². The van der Waals surface area contributed by atoms with Gasteiger partial charge in [-0.15, -0.1) is 0 Å². The van der Waals surface area contributed by atoms with Crippen molar-refractivity contribution in [2.45, 2.75) is 51.5 Å². The number of hydrogen-bond donors (Lipinski definition) is 0. The van der Waals surface area contributed by atoms with Gasteiger partial charge in [-0.1, -0.05) is 45.1 Å². The first-order valence-corrected chi connectivity index (χ1v) is 7.46. The van der Waals surface area contributed by atoms with Gasteiger partial charge in [-0.2, -0.15) is 0 Å². The summed E-state index contributed by atoms with van der Waals surface area (Å²) >= 11 is 0. The van der Waals surface area contributed by atoms with Crippen LogP contribution in [0.1, 0.15) is 55.4 Å². The molecule has 1 aliphatic carbocycles. The Balaban J connectivity index is 2.17. The standard InChI is InChI=1S/C18H25N/c1-18(2,3)16-9-13-7-5-6-8-14-11-19(4)12-15(10-16)17(13)14/h6,8-10,14H,5,7,11-12H2,1-4H3. The van der Waals surface area contributed by atoms with Crippen LogP contribution in [0.25, 0.3) is 0 Å². The van der Waals surface area contributed by atoms with E-state index in [-0.39, 0.29) is 5.41 Å². The minimum atomic E-state index is 0.247. The van der Waals surface area contributed by atoms with Gasteiger partial charge in [-0.05, 0) is 47.6 Å². The van der Waals surface area contributed by atoms with Crippen molar-refractivity contribution in [2.75, 3.05) is 13.6 Å². The summed E-state index contributed by atoms with van der Waals surface area (Å²) in [6.07, 6.45) is 7.22. The Morgan fingerprint density at radius 3 is 2.63 bits per heavy atom. The number of nitrogens with zero attached hydrogens (tertiary/aromatic N) is 1. The van der Waals surface area contributed by atoms with E-state index in [1.165, 1.54) is 24.9 Å². The summed E-state index contributed by atoms with van der Waals surface area (Å²) in [6, 6.07) is 4.94. The summed E-state index contributed by atoms with van der Waals surface area (Å²) in [6.45, 7) is 9.24. The van der Waals surface area contributed by atoms with Crippen LogP contribution in [-0.2, 0) is 18.4 Å². The minimum absolute atomic E-state index is 0.247. The fourth-order valence-corrected chi connectivity index (χ4v) is 3.46. The smallest absolute Gasteiger partial charge is 0.0234 e. The summed E-state index contributed by atoms with van der Waals surface area (Å²) in [7, 11) is 2.24. The molecule has 1 heterocycles. The van der Waals surface area contributed by atoms with E-state index in [9.17, 15) is 0 Å². The predicted molar refractivity (Wildman–Crippen MR) is 81.7 cm³/mol. The maximum absolute atomic E-state index is 2.48. The fourth-order valence-electron chi connectivity index (χ4n) is 3.46. The normalized spacial score (nSPS) is 23.1. The molecule has 0 spiro atoms. The van der Waals surface area contributed by atoms with Crippen molar-refractivity contribution in [3.05, 3.63) is 46.5 Å². The molecule has 0 aromatic heterocycles. The maximum atomic E-state index is 2.48. The fraction of sp³-hybridized carbons (Fsp3) is 0.556. The molecule has 19 heavy (non-hydrogen) atoms. The number of benzene rings is 1. The lowest BCUT2D eigenvalue weighted by Crippen LogP contribution is -2.31. The molecule has 2 aliphatic rings. The van der Waals surface area contributed by atoms with E-state index in [1.54, 1.807) is 16.7 Å². The minimum Gasteiger partial charge on any atom is -0.301 e. The van der Waals surface area contributed by atoms with Crippen LogP contribution >= 0.6 is 0 Å². The summed E-state index contributed by atoms with van der Waals surface area (Å²) in [5.41, 5.74) is 6.55. The van der Waals surface area contributed by atoms with Crippen LogP contribution in [0.15, 0.2) is 24.3 Å². The van der Waals surface area contributed by atoms with Gasteiger partial charge in [0.1, 0.15) is 0 Å². The second-order valence-electron chi connectivity index (χ2n) is 7.23. The third kappa shape index (κ3) is 2.36. The molecule has 1 aromatic rings. The first-order chi connectivity index (χ1) is 8.95. The third-order valence-corrected chi connectivity index (χ3v) is 4.49. The molecule has 0 bridgehead atoms. The third-order valence-electron chi connectivity index (χ3n) is 4.49. The van der Waals surface area contributed by atoms with Gasteiger partial charge in [0, 0.05) is 19.0 Å². The summed E-state index contributed by atoms with van der Waals surface area (Å²) in [5, 5.41) is 0. The van der Waals surface area contributed by atoms with Crippen LogP contribution in [-0.4, -0.2) is 18.5 Å². The van der Waals surface area contributed by atoms with Crippen molar-refractivity contribution in [1.29, 1.82) is 0 Å². The Labute approximate surface area is 117 Å². The molecule has 102 valence electrons. The average Bonchev–Trinajstić information content (AvgIpc) is 2.51. The summed E-state index contributed by atoms with van der Waals surface area (Å²) in [5.74, 6) is 0.611. The van der Waals surface area contributed by atoms with Gasteiger partial charge in [-0.3, -0.25) is 0 Å². The lowest BCUT2D eigenvalue weighted by Gasteiger charge is -2.34. The van der Waals surface area contributed by atoms with Gasteiger partial charge in [0.05, 0.1) is 0 Å². The monoisotopic (exact) mass is 255 g/mol. The zero-order valence-corrected chi connectivity index (χ0v) is 12.7. The quantitative estimate of drug-likeness (QED) is 0.633. The zero-order valence-electron chi connectivity index (χ0n) is 12.7. The molecule has 1 atom stereocenters. The number of rotatable bonds is 0. The highest BCUT2D eigenvalue weighted by molar-refractivity contribution is 5.47. The van der Waals surface area contributed by atoms with Crippen LogP contribution < -0.4 is 0 Å². The highest BCUT2D eigenvalue weighted by Crippen LogP contribution is 2.37. The lowest BCUT2D eigenvalue weighted by molar-refractivity contribution is 0.297. The predicted octanol–water partition coefficient (Wildman–Crippen LogP) is 4.02. The molecule has 1 nitrogen and oxygen atoms in total. The number of allylic oxidation sites excluding steroid dienone is 1. The second kappa shape index (κ2) is 4.49. The largest absolute Gasteiger partial charge is 0.301 e. The summed E-state index contributed by atoms with van der Waals surface area (Å²) < 4.78 is 0. The van der Waals surface area contributed by atoms with E-state index in [1.807, 2.05) is 0 Å². The van der Waals surface area contributed by atoms with E-state index in [2.05, 4.69) is 57.0 Å². The highest BCUT2D eigenvalue weighted by atomic mass is 15.1. The molecule has 0 radical (unpaired) electrons. The Morgan fingerprint density at radius 2 is 1.89 bits per heavy atom. The van der Waals surface area contributed by atoms with E-state index < -0.39 is 0 Å². The lowest BCUT2D eigenvalue weighted by atomic mass is 9.79. The molecule has 1 aromatic carbocycles. The zero-order chi connectivity index (χ0) is 13.6. The topological polar surface area (TPSA) is 3.24 Å². The first kappa shape index (κ1) is 12.9. The van der Waals surface area contributed by atoms with Gasteiger partial charge in [0.2, 0.25) is 0 Å². The molecular weight excluding hydrogens is 230 g/mol. The first-order valence-electron chi connectivity index (χ1n) is 7.46. The molecular formula is C18H25N. The van der Waals surface area contributed by atoms with Crippen LogP contribution in [0.4, 0.5) is 0 Å². The number of aryl methyl sites for hydroxylation is 1. The van der Waals surface area contributed by atoms with E-state index in [0.29, 0.717) is 5.92 Å². The Morgan fingerprint density at radius 1 is 1.16 bits per heavy atom. The molecule has 0 saturated carbocycles. The van der Waals surface area contributed by atoms with Gasteiger partial charge in [0.15, 0.2) is 0 Å². The van der Waals surface area contributed by atoms with Gasteiger partial charge in [-0.25, -0.2) is 0 Å². The molecule has 1 aliphatic heterocycles. The van der Waals surface area contributed by atoms with Crippen molar-refractivity contribution in [1.82, 2.24) is 4.90 Å². The maximum Gasteiger partial charge on any atom is 0.0234 e. The molecule has 0 amide bonds. The van der Waals surface area contributed by atoms with Crippen LogP contribution in [0, 0.1) is 0 Å². The molecule has 0 N–H and O–H groups in total. The SMILES string of the molecule is CN1Cc2cc(C(C)(C)C)cc3c2C(C=CCC3)C1. The molecule has 3 rings (SSSR count). The van der Waals surface area contributed by atoms with Crippen molar-refractivity contribution in [3.63, 3.8) is 0 Å². The van der Waals surface area contributed by atoms with E-state index in [4.69, 9.17) is 0 Å². The van der Waals surface area contributed by atoms with Crippen molar-refractivity contribution >= 4 is 0 Å². The van der Waals surface area contributed by atoms with Gasteiger partial charge >= 0.3 is 0 Å². The van der Waals surface area contributed by atoms with Crippen LogP contribution in [0.5, 0.6) is 0 Å². The Kier molecular flexibility index (Phi) is 3.05. The molecule has 1 heteroatoms. The molecule has 0 saturated heterocycles. The number of likely N-dealkylation sites (N-methyl/N-ethyl adjacent to an activating group) is 1. The molecule has 1 unspecified atom stereocenters. The van der Waals surface area contributed by atoms with E-state index in [0.717, 1.165) is 6.54 Å². The molecule has 0 fully saturated rings. The van der Waals surface area contributed by atoms with Crippen LogP contribution in [0.3, 0.4) is 0 Å². The number of hydrogen-bond acceptors (Lipinski definition) is 1. The van der Waals surface area contributed by atoms with Gasteiger partial charge < -0.3 is 4.90 Å². The van der Waals surface area contributed by atoms with Crippen molar-refractivity contribution in [2.24, 2.45) is 0 Å². The highest BCUT2D eigenvalue weighted by Gasteiger charge is 2.27. The Bertz CT molecular complexity index is 519. The van der Waals surface area contributed by atoms with Crippen LogP contribution in [0.2, 0.25) is 0 Å². The summed E-state index contributed by atoms with van der Waals surface area (Å²) in [4.78, 5) is 2.46. The van der Waals surface area contributed by atoms with Gasteiger partial charge in [0.25, 0.3) is 0 Å².